The SMILES string of the molecule is NC(=O)c1ccc(C2CCN(C(=O)Cc3ccccn3)CC2)cc1C1=CCCCC1.O=C(O)C(F)(F)F. The summed E-state index contributed by atoms with van der Waals surface area (Å²) in [6.07, 6.45) is 5.56. The van der Waals surface area contributed by atoms with E-state index in [4.69, 9.17) is 15.6 Å². The van der Waals surface area contributed by atoms with Gasteiger partial charge in [-0.2, -0.15) is 13.2 Å². The third-order valence-corrected chi connectivity index (χ3v) is 6.57. The monoisotopic (exact) mass is 517 g/mol. The summed E-state index contributed by atoms with van der Waals surface area (Å²) in [6.45, 7) is 1.51. The molecule has 0 atom stereocenters. The van der Waals surface area contributed by atoms with Crippen molar-refractivity contribution in [3.63, 3.8) is 0 Å². The summed E-state index contributed by atoms with van der Waals surface area (Å²) in [5.74, 6) is -2.58. The van der Waals surface area contributed by atoms with Crippen LogP contribution in [0.3, 0.4) is 0 Å². The number of allylic oxidation sites excluding steroid dienone is 2. The molecule has 0 spiro atoms. The first-order valence-electron chi connectivity index (χ1n) is 12.2. The van der Waals surface area contributed by atoms with Gasteiger partial charge in [0.2, 0.25) is 11.8 Å². The smallest absolute Gasteiger partial charge is 0.475 e. The van der Waals surface area contributed by atoms with E-state index in [-0.39, 0.29) is 11.8 Å². The number of amides is 2. The highest BCUT2D eigenvalue weighted by molar-refractivity contribution is 5.98. The number of carbonyl (C=O) groups is 3. The maximum atomic E-state index is 12.6. The largest absolute Gasteiger partial charge is 0.490 e. The molecule has 10 heteroatoms. The van der Waals surface area contributed by atoms with Crippen molar-refractivity contribution >= 4 is 23.4 Å². The number of hydrogen-bond donors (Lipinski definition) is 2. The first kappa shape index (κ1) is 27.9. The van der Waals surface area contributed by atoms with Crippen molar-refractivity contribution in [2.75, 3.05) is 13.1 Å². The van der Waals surface area contributed by atoms with Gasteiger partial charge in [-0.15, -0.1) is 0 Å². The number of rotatable bonds is 5. The number of primary amides is 1. The molecule has 0 bridgehead atoms. The Balaban J connectivity index is 0.000000479. The summed E-state index contributed by atoms with van der Waals surface area (Å²) in [4.78, 5) is 39.7. The van der Waals surface area contributed by atoms with Gasteiger partial charge in [0.15, 0.2) is 0 Å². The van der Waals surface area contributed by atoms with Gasteiger partial charge >= 0.3 is 12.1 Å². The fourth-order valence-electron chi connectivity index (χ4n) is 4.61. The normalized spacial score (nSPS) is 16.3. The molecule has 0 unspecified atom stereocenters. The molecule has 1 fully saturated rings. The first-order valence-corrected chi connectivity index (χ1v) is 12.2. The second-order valence-electron chi connectivity index (χ2n) is 9.10. The highest BCUT2D eigenvalue weighted by Crippen LogP contribution is 2.34. The minimum absolute atomic E-state index is 0.143. The number of benzene rings is 1. The number of alkyl halides is 3. The lowest BCUT2D eigenvalue weighted by Gasteiger charge is -2.32. The summed E-state index contributed by atoms with van der Waals surface area (Å²) >= 11 is 0. The summed E-state index contributed by atoms with van der Waals surface area (Å²) < 4.78 is 31.7. The fourth-order valence-corrected chi connectivity index (χ4v) is 4.61. The van der Waals surface area contributed by atoms with Crippen LogP contribution in [0, 0.1) is 0 Å². The Hall–Kier alpha value is -3.69. The quantitative estimate of drug-likeness (QED) is 0.596. The van der Waals surface area contributed by atoms with Gasteiger partial charge < -0.3 is 15.7 Å². The van der Waals surface area contributed by atoms with Crippen LogP contribution in [-0.4, -0.2) is 52.0 Å². The average Bonchev–Trinajstić information content (AvgIpc) is 2.89. The standard InChI is InChI=1S/C25H29N3O2.C2HF3O2/c26-25(30)22-10-9-20(16-23(22)19-6-2-1-3-7-19)18-11-14-28(15-12-18)24(29)17-21-8-4-5-13-27-21;3-2(4,5)1(6)7/h4-6,8-10,13,16,18H,1-3,7,11-12,14-15,17H2,(H2,26,30);(H,6,7). The molecule has 37 heavy (non-hydrogen) atoms. The summed E-state index contributed by atoms with van der Waals surface area (Å²) in [5, 5.41) is 7.12. The second kappa shape index (κ2) is 12.5. The van der Waals surface area contributed by atoms with Crippen molar-refractivity contribution in [2.24, 2.45) is 5.73 Å². The number of carboxylic acids is 1. The fraction of sp³-hybridized carbons (Fsp3) is 0.407. The predicted octanol–water partition coefficient (Wildman–Crippen LogP) is 4.72. The van der Waals surface area contributed by atoms with E-state index in [0.717, 1.165) is 56.5 Å². The highest BCUT2D eigenvalue weighted by Gasteiger charge is 2.38. The van der Waals surface area contributed by atoms with Gasteiger partial charge in [-0.25, -0.2) is 4.79 Å². The number of carbonyl (C=O) groups excluding carboxylic acids is 2. The molecule has 1 aliphatic heterocycles. The van der Waals surface area contributed by atoms with E-state index in [1.807, 2.05) is 35.2 Å². The molecule has 1 aromatic heterocycles. The second-order valence-corrected chi connectivity index (χ2v) is 9.10. The summed E-state index contributed by atoms with van der Waals surface area (Å²) in [6, 6.07) is 11.8. The molecule has 1 saturated heterocycles. The van der Waals surface area contributed by atoms with Gasteiger partial charge in [0, 0.05) is 30.5 Å². The molecule has 2 aliphatic rings. The molecule has 198 valence electrons. The Labute approximate surface area is 213 Å². The van der Waals surface area contributed by atoms with Crippen LogP contribution in [-0.2, 0) is 16.0 Å². The van der Waals surface area contributed by atoms with Crippen molar-refractivity contribution in [1.29, 1.82) is 0 Å². The van der Waals surface area contributed by atoms with Crippen LogP contribution in [0.1, 0.15) is 71.6 Å². The number of carboxylic acid groups (broad SMARTS) is 1. The summed E-state index contributed by atoms with van der Waals surface area (Å²) in [7, 11) is 0. The molecule has 0 saturated carbocycles. The lowest BCUT2D eigenvalue weighted by Crippen LogP contribution is -2.38. The molecule has 1 aromatic carbocycles. The zero-order valence-electron chi connectivity index (χ0n) is 20.3. The van der Waals surface area contributed by atoms with Gasteiger partial charge in [-0.05, 0) is 79.3 Å². The zero-order chi connectivity index (χ0) is 27.0. The van der Waals surface area contributed by atoms with E-state index in [0.29, 0.717) is 17.9 Å². The van der Waals surface area contributed by atoms with Crippen LogP contribution in [0.5, 0.6) is 0 Å². The number of nitrogens with zero attached hydrogens (tertiary/aromatic N) is 2. The van der Waals surface area contributed by atoms with E-state index < -0.39 is 12.1 Å². The van der Waals surface area contributed by atoms with Crippen LogP contribution in [0.25, 0.3) is 5.57 Å². The zero-order valence-corrected chi connectivity index (χ0v) is 20.3. The number of nitrogens with two attached hydrogens (primary N) is 1. The van der Waals surface area contributed by atoms with Gasteiger partial charge in [-0.1, -0.05) is 24.3 Å². The van der Waals surface area contributed by atoms with Crippen LogP contribution in [0.2, 0.25) is 0 Å². The van der Waals surface area contributed by atoms with Crippen LogP contribution in [0.15, 0.2) is 48.7 Å². The molecule has 3 N–H and O–H groups in total. The molecule has 7 nitrogen and oxygen atoms in total. The van der Waals surface area contributed by atoms with Gasteiger partial charge in [-0.3, -0.25) is 14.6 Å². The molecule has 4 rings (SSSR count). The molecule has 2 aromatic rings. The molecule has 1 aliphatic carbocycles. The number of likely N-dealkylation sites (tertiary alicyclic amines) is 1. The number of aromatic nitrogens is 1. The number of hydrogen-bond acceptors (Lipinski definition) is 4. The Bertz CT molecular complexity index is 1140. The lowest BCUT2D eigenvalue weighted by atomic mass is 9.84. The van der Waals surface area contributed by atoms with Crippen molar-refractivity contribution in [1.82, 2.24) is 9.88 Å². The van der Waals surface area contributed by atoms with Crippen LogP contribution in [0.4, 0.5) is 13.2 Å². The van der Waals surface area contributed by atoms with Crippen LogP contribution >= 0.6 is 0 Å². The van der Waals surface area contributed by atoms with Gasteiger partial charge in [0.25, 0.3) is 0 Å². The van der Waals surface area contributed by atoms with Crippen molar-refractivity contribution in [3.05, 3.63) is 71.1 Å². The number of halogens is 3. The molecular formula is C27H30F3N3O4. The minimum atomic E-state index is -5.08. The Morgan fingerprint density at radius 1 is 1.08 bits per heavy atom. The van der Waals surface area contributed by atoms with Crippen molar-refractivity contribution in [3.8, 4) is 0 Å². The van der Waals surface area contributed by atoms with Gasteiger partial charge in [0.1, 0.15) is 0 Å². The topological polar surface area (TPSA) is 114 Å². The molecular weight excluding hydrogens is 487 g/mol. The number of aliphatic carboxylic acids is 1. The maximum absolute atomic E-state index is 12.6. The highest BCUT2D eigenvalue weighted by atomic mass is 19.4. The van der Waals surface area contributed by atoms with Crippen molar-refractivity contribution in [2.45, 2.75) is 57.0 Å². The Morgan fingerprint density at radius 3 is 2.32 bits per heavy atom. The predicted molar refractivity (Wildman–Crippen MR) is 132 cm³/mol. The van der Waals surface area contributed by atoms with Gasteiger partial charge in [0.05, 0.1) is 6.42 Å². The number of piperidine rings is 1. The maximum Gasteiger partial charge on any atom is 0.490 e. The molecule has 0 radical (unpaired) electrons. The van der Waals surface area contributed by atoms with Crippen molar-refractivity contribution < 1.29 is 32.7 Å². The summed E-state index contributed by atoms with van der Waals surface area (Å²) in [5.41, 5.74) is 10.6. The molecule has 2 heterocycles. The average molecular weight is 518 g/mol. The Morgan fingerprint density at radius 2 is 1.78 bits per heavy atom. The minimum Gasteiger partial charge on any atom is -0.475 e. The van der Waals surface area contributed by atoms with E-state index in [1.165, 1.54) is 17.6 Å². The molecule has 2 amide bonds. The van der Waals surface area contributed by atoms with E-state index in [9.17, 15) is 22.8 Å². The van der Waals surface area contributed by atoms with Crippen LogP contribution < -0.4 is 5.73 Å². The lowest BCUT2D eigenvalue weighted by molar-refractivity contribution is -0.192. The Kier molecular flexibility index (Phi) is 9.43. The van der Waals surface area contributed by atoms with E-state index in [2.05, 4.69) is 17.1 Å². The number of pyridine rings is 1. The van der Waals surface area contributed by atoms with E-state index >= 15 is 0 Å². The van der Waals surface area contributed by atoms with E-state index in [1.54, 1.807) is 6.20 Å². The first-order chi connectivity index (χ1) is 17.6. The third kappa shape index (κ3) is 7.90. The third-order valence-electron chi connectivity index (χ3n) is 6.57.